The van der Waals surface area contributed by atoms with E-state index in [2.05, 4.69) is 34.3 Å². The molecule has 0 bridgehead atoms. The summed E-state index contributed by atoms with van der Waals surface area (Å²) in [6, 6.07) is 0. The molecule has 0 unspecified atom stereocenters. The molecule has 0 aliphatic rings. The molecular weight excluding hydrogens is 158 g/mol. The lowest BCUT2D eigenvalue weighted by Gasteiger charge is -2.05. The molecule has 0 amide bonds. The minimum Gasteiger partial charge on any atom is -0.358 e. The van der Waals surface area contributed by atoms with Crippen LogP contribution in [0.25, 0.3) is 0 Å². The van der Waals surface area contributed by atoms with Gasteiger partial charge in [-0.2, -0.15) is 0 Å². The largest absolute Gasteiger partial charge is 0.358 e. The number of allylic oxidation sites excluding steroid dienone is 1. The molecule has 0 aliphatic heterocycles. The van der Waals surface area contributed by atoms with E-state index in [-0.39, 0.29) is 0 Å². The molecule has 0 N–H and O–H groups in total. The molecule has 0 saturated carbocycles. The molecule has 0 fully saturated rings. The fourth-order valence-corrected chi connectivity index (χ4v) is 0.460. The third kappa shape index (κ3) is 34.8. The van der Waals surface area contributed by atoms with Gasteiger partial charge in [0, 0.05) is 13.2 Å². The topological polar surface area (TPSA) is 3.24 Å². The summed E-state index contributed by atoms with van der Waals surface area (Å²) < 4.78 is 0. The van der Waals surface area contributed by atoms with Crippen LogP contribution in [-0.4, -0.2) is 11.9 Å². The Hall–Kier alpha value is -0.720. The van der Waals surface area contributed by atoms with E-state index in [1.807, 2.05) is 32.0 Å². The maximum atomic E-state index is 3.60. The normalized spacial score (nSPS) is 6.69. The molecule has 1 heteroatoms. The zero-order valence-corrected chi connectivity index (χ0v) is 10.5. The molecule has 80 valence electrons. The summed E-state index contributed by atoms with van der Waals surface area (Å²) in [6.45, 7) is 16.0. The van der Waals surface area contributed by atoms with Crippen LogP contribution in [0, 0.1) is 0 Å². The second kappa shape index (κ2) is 17.4. The highest BCUT2D eigenvalue weighted by molar-refractivity contribution is 4.94. The zero-order valence-electron chi connectivity index (χ0n) is 10.5. The lowest BCUT2D eigenvalue weighted by molar-refractivity contribution is 0.621. The predicted octanol–water partition coefficient (Wildman–Crippen LogP) is 4.43. The molecule has 0 spiro atoms. The lowest BCUT2D eigenvalue weighted by atomic mass is 10.4. The van der Waals surface area contributed by atoms with Crippen molar-refractivity contribution < 1.29 is 0 Å². The van der Waals surface area contributed by atoms with Crippen LogP contribution in [0.1, 0.15) is 48.0 Å². The van der Waals surface area contributed by atoms with Gasteiger partial charge < -0.3 is 4.90 Å². The van der Waals surface area contributed by atoms with Crippen molar-refractivity contribution in [2.24, 2.45) is 0 Å². The lowest BCUT2D eigenvalue weighted by Crippen LogP contribution is -1.98. The van der Waals surface area contributed by atoms with Gasteiger partial charge in [-0.3, -0.25) is 0 Å². The van der Waals surface area contributed by atoms with Crippen LogP contribution in [0.5, 0.6) is 0 Å². The average molecular weight is 185 g/mol. The average Bonchev–Trinajstić information content (AvgIpc) is 2.08. The second-order valence-corrected chi connectivity index (χ2v) is 2.76. The first kappa shape index (κ1) is 18.1. The summed E-state index contributed by atoms with van der Waals surface area (Å²) in [4.78, 5) is 1.93. The SMILES string of the molecule is C=CN(C)C=C(C)C.CC.CCC. The molecule has 13 heavy (non-hydrogen) atoms. The van der Waals surface area contributed by atoms with Crippen LogP contribution in [0.3, 0.4) is 0 Å². The van der Waals surface area contributed by atoms with Gasteiger partial charge in [-0.05, 0) is 20.0 Å². The smallest absolute Gasteiger partial charge is 0.0106 e. The number of rotatable bonds is 2. The molecule has 0 aromatic heterocycles. The Bertz CT molecular complexity index is 110. The number of hydrogen-bond donors (Lipinski definition) is 0. The first-order chi connectivity index (χ1) is 6.08. The van der Waals surface area contributed by atoms with E-state index in [1.54, 1.807) is 6.20 Å². The van der Waals surface area contributed by atoms with Crippen molar-refractivity contribution in [2.45, 2.75) is 48.0 Å². The Morgan fingerprint density at radius 1 is 1.23 bits per heavy atom. The molecule has 0 saturated heterocycles. The van der Waals surface area contributed by atoms with E-state index in [9.17, 15) is 0 Å². The standard InChI is InChI=1S/C7H13N.C3H8.C2H6/c1-5-8(4)6-7(2)3;1-3-2;1-2/h5-6H,1H2,2-4H3;3H2,1-2H3;1-2H3. The molecule has 0 aromatic rings. The van der Waals surface area contributed by atoms with Crippen molar-refractivity contribution in [1.82, 2.24) is 4.90 Å². The van der Waals surface area contributed by atoms with Crippen molar-refractivity contribution in [1.29, 1.82) is 0 Å². The van der Waals surface area contributed by atoms with Crippen LogP contribution in [0.15, 0.2) is 24.6 Å². The Morgan fingerprint density at radius 2 is 1.54 bits per heavy atom. The monoisotopic (exact) mass is 185 g/mol. The fraction of sp³-hybridized carbons (Fsp3) is 0.667. The highest BCUT2D eigenvalue weighted by atomic mass is 15.0. The van der Waals surface area contributed by atoms with Crippen molar-refractivity contribution in [3.05, 3.63) is 24.6 Å². The van der Waals surface area contributed by atoms with Crippen LogP contribution < -0.4 is 0 Å². The maximum Gasteiger partial charge on any atom is 0.0106 e. The van der Waals surface area contributed by atoms with Crippen LogP contribution in [-0.2, 0) is 0 Å². The molecular formula is C12H27N. The molecule has 0 radical (unpaired) electrons. The predicted molar refractivity (Wildman–Crippen MR) is 64.7 cm³/mol. The zero-order chi connectivity index (χ0) is 11.3. The molecule has 0 aromatic carbocycles. The minimum atomic E-state index is 1.25. The number of nitrogens with zero attached hydrogens (tertiary/aromatic N) is 1. The van der Waals surface area contributed by atoms with E-state index in [1.165, 1.54) is 12.0 Å². The fourth-order valence-electron chi connectivity index (χ4n) is 0.460. The molecule has 0 heterocycles. The van der Waals surface area contributed by atoms with Gasteiger partial charge in [-0.1, -0.05) is 46.3 Å². The van der Waals surface area contributed by atoms with Gasteiger partial charge in [0.1, 0.15) is 0 Å². The van der Waals surface area contributed by atoms with Crippen molar-refractivity contribution in [3.8, 4) is 0 Å². The summed E-state index contributed by atoms with van der Waals surface area (Å²) in [6.07, 6.45) is 5.04. The second-order valence-electron chi connectivity index (χ2n) is 2.76. The summed E-state index contributed by atoms with van der Waals surface area (Å²) in [5.41, 5.74) is 1.28. The van der Waals surface area contributed by atoms with Gasteiger partial charge in [0.25, 0.3) is 0 Å². The number of hydrogen-bond acceptors (Lipinski definition) is 1. The van der Waals surface area contributed by atoms with Crippen LogP contribution in [0.4, 0.5) is 0 Å². The van der Waals surface area contributed by atoms with Gasteiger partial charge >= 0.3 is 0 Å². The Kier molecular flexibility index (Phi) is 24.3. The quantitative estimate of drug-likeness (QED) is 0.615. The minimum absolute atomic E-state index is 1.25. The molecule has 0 rings (SSSR count). The molecule has 0 atom stereocenters. The Morgan fingerprint density at radius 3 is 1.62 bits per heavy atom. The van der Waals surface area contributed by atoms with Gasteiger partial charge in [0.05, 0.1) is 0 Å². The summed E-state index contributed by atoms with van der Waals surface area (Å²) in [5, 5.41) is 0. The first-order valence-electron chi connectivity index (χ1n) is 5.07. The van der Waals surface area contributed by atoms with E-state index < -0.39 is 0 Å². The van der Waals surface area contributed by atoms with Crippen molar-refractivity contribution in [2.75, 3.05) is 7.05 Å². The highest BCUT2D eigenvalue weighted by Crippen LogP contribution is 1.91. The summed E-state index contributed by atoms with van der Waals surface area (Å²) in [5.74, 6) is 0. The Balaban J connectivity index is -0.000000169. The Labute approximate surface area is 85.1 Å². The third-order valence-corrected chi connectivity index (χ3v) is 0.750. The third-order valence-electron chi connectivity index (χ3n) is 0.750. The van der Waals surface area contributed by atoms with Crippen molar-refractivity contribution in [3.63, 3.8) is 0 Å². The highest BCUT2D eigenvalue weighted by Gasteiger charge is 1.78. The maximum absolute atomic E-state index is 3.60. The van der Waals surface area contributed by atoms with Crippen molar-refractivity contribution >= 4 is 0 Å². The summed E-state index contributed by atoms with van der Waals surface area (Å²) in [7, 11) is 1.96. The summed E-state index contributed by atoms with van der Waals surface area (Å²) >= 11 is 0. The van der Waals surface area contributed by atoms with Crippen LogP contribution in [0.2, 0.25) is 0 Å². The van der Waals surface area contributed by atoms with Gasteiger partial charge in [-0.15, -0.1) is 0 Å². The van der Waals surface area contributed by atoms with E-state index in [0.717, 1.165) is 0 Å². The van der Waals surface area contributed by atoms with E-state index in [4.69, 9.17) is 0 Å². The molecule has 0 aliphatic carbocycles. The van der Waals surface area contributed by atoms with Crippen LogP contribution >= 0.6 is 0 Å². The van der Waals surface area contributed by atoms with Gasteiger partial charge in [-0.25, -0.2) is 0 Å². The van der Waals surface area contributed by atoms with E-state index >= 15 is 0 Å². The molecule has 1 nitrogen and oxygen atoms in total. The van der Waals surface area contributed by atoms with Gasteiger partial charge in [0.15, 0.2) is 0 Å². The first-order valence-corrected chi connectivity index (χ1v) is 5.07. The van der Waals surface area contributed by atoms with E-state index in [0.29, 0.717) is 0 Å². The van der Waals surface area contributed by atoms with Gasteiger partial charge in [0.2, 0.25) is 0 Å².